The van der Waals surface area contributed by atoms with E-state index in [4.69, 9.17) is 5.73 Å². The van der Waals surface area contributed by atoms with Crippen molar-refractivity contribution in [1.29, 1.82) is 0 Å². The minimum absolute atomic E-state index is 0.346. The predicted molar refractivity (Wildman–Crippen MR) is 122 cm³/mol. The van der Waals surface area contributed by atoms with Crippen molar-refractivity contribution in [3.05, 3.63) is 30.7 Å². The first kappa shape index (κ1) is 19.4. The van der Waals surface area contributed by atoms with Crippen molar-refractivity contribution in [1.82, 2.24) is 15.0 Å². The number of nitrogens with zero attached hydrogens (tertiary/aromatic N) is 6. The van der Waals surface area contributed by atoms with Crippen LogP contribution in [0.4, 0.5) is 23.1 Å². The number of nitrogen functional groups attached to an aromatic ring is 1. The lowest BCUT2D eigenvalue weighted by atomic mass is 9.65. The predicted octanol–water partition coefficient (Wildman–Crippen LogP) is 3.19. The third-order valence-electron chi connectivity index (χ3n) is 7.08. The second-order valence-electron chi connectivity index (χ2n) is 10.4. The number of aromatic nitrogens is 3. The van der Waals surface area contributed by atoms with Gasteiger partial charge in [-0.1, -0.05) is 26.8 Å². The van der Waals surface area contributed by atoms with Gasteiger partial charge in [-0.05, 0) is 42.2 Å². The number of nitrogens with two attached hydrogens (primary N) is 1. The van der Waals surface area contributed by atoms with Crippen LogP contribution >= 0.6 is 0 Å². The fourth-order valence-corrected chi connectivity index (χ4v) is 6.25. The number of piperazine rings is 1. The molecular weight excluding hydrogens is 374 g/mol. The van der Waals surface area contributed by atoms with Gasteiger partial charge >= 0.3 is 0 Å². The molecule has 30 heavy (non-hydrogen) atoms. The van der Waals surface area contributed by atoms with Crippen LogP contribution in [-0.2, 0) is 0 Å². The van der Waals surface area contributed by atoms with Gasteiger partial charge in [-0.15, -0.1) is 0 Å². The van der Waals surface area contributed by atoms with Crippen molar-refractivity contribution >= 4 is 23.1 Å². The van der Waals surface area contributed by atoms with E-state index in [1.807, 2.05) is 18.3 Å². The molecule has 0 spiro atoms. The lowest BCUT2D eigenvalue weighted by molar-refractivity contribution is 0.136. The molecule has 2 atom stereocenters. The average molecular weight is 408 g/mol. The van der Waals surface area contributed by atoms with Crippen LogP contribution in [0.3, 0.4) is 0 Å². The molecule has 4 heterocycles. The maximum absolute atomic E-state index is 6.70. The zero-order valence-corrected chi connectivity index (χ0v) is 18.4. The fraction of sp³-hybridized carbons (Fsp3) is 0.609. The average Bonchev–Trinajstić information content (AvgIpc) is 2.97. The van der Waals surface area contributed by atoms with E-state index < -0.39 is 0 Å². The van der Waals surface area contributed by atoms with Gasteiger partial charge in [0.1, 0.15) is 17.8 Å². The molecule has 1 saturated carbocycles. The van der Waals surface area contributed by atoms with Gasteiger partial charge < -0.3 is 20.4 Å². The monoisotopic (exact) mass is 407 g/mol. The number of hydrogen-bond acceptors (Lipinski definition) is 7. The summed E-state index contributed by atoms with van der Waals surface area (Å²) in [7, 11) is 0. The number of pyridine rings is 1. The van der Waals surface area contributed by atoms with Gasteiger partial charge in [0, 0.05) is 45.0 Å². The molecule has 0 aromatic carbocycles. The van der Waals surface area contributed by atoms with E-state index >= 15 is 0 Å². The summed E-state index contributed by atoms with van der Waals surface area (Å²) in [6, 6.07) is 6.58. The molecule has 2 N–H and O–H groups in total. The Morgan fingerprint density at radius 2 is 1.67 bits per heavy atom. The highest BCUT2D eigenvalue weighted by Crippen LogP contribution is 2.54. The van der Waals surface area contributed by atoms with Gasteiger partial charge in [0.2, 0.25) is 0 Å². The smallest absolute Gasteiger partial charge is 0.157 e. The van der Waals surface area contributed by atoms with Crippen LogP contribution < -0.4 is 20.4 Å². The Morgan fingerprint density at radius 3 is 2.40 bits per heavy atom. The van der Waals surface area contributed by atoms with Crippen molar-refractivity contribution in [2.75, 3.05) is 53.2 Å². The van der Waals surface area contributed by atoms with Crippen molar-refractivity contribution in [2.24, 2.45) is 10.8 Å². The summed E-state index contributed by atoms with van der Waals surface area (Å²) in [6.07, 6.45) is 7.24. The van der Waals surface area contributed by atoms with Gasteiger partial charge in [-0.3, -0.25) is 0 Å². The Bertz CT molecular complexity index is 907. The molecule has 0 amide bonds. The highest BCUT2D eigenvalue weighted by molar-refractivity contribution is 5.76. The van der Waals surface area contributed by atoms with E-state index in [2.05, 4.69) is 56.5 Å². The van der Waals surface area contributed by atoms with Crippen LogP contribution in [0.25, 0.3) is 0 Å². The van der Waals surface area contributed by atoms with Crippen LogP contribution in [0, 0.1) is 10.8 Å². The molecule has 7 heteroatoms. The van der Waals surface area contributed by atoms with E-state index in [0.29, 0.717) is 16.9 Å². The second-order valence-corrected chi connectivity index (χ2v) is 10.4. The maximum atomic E-state index is 6.70. The third kappa shape index (κ3) is 3.44. The van der Waals surface area contributed by atoms with Crippen LogP contribution in [0.15, 0.2) is 30.7 Å². The lowest BCUT2D eigenvalue weighted by Crippen LogP contribution is -2.47. The Hall–Kier alpha value is -2.57. The summed E-state index contributed by atoms with van der Waals surface area (Å²) in [6.45, 7) is 11.8. The van der Waals surface area contributed by atoms with Crippen molar-refractivity contribution < 1.29 is 0 Å². The number of anilines is 4. The zero-order valence-electron chi connectivity index (χ0n) is 18.4. The van der Waals surface area contributed by atoms with Gasteiger partial charge in [0.15, 0.2) is 11.6 Å². The van der Waals surface area contributed by atoms with Crippen molar-refractivity contribution in [3.63, 3.8) is 0 Å². The fourth-order valence-electron chi connectivity index (χ4n) is 6.25. The Labute approximate surface area is 179 Å². The van der Waals surface area contributed by atoms with Gasteiger partial charge in [0.25, 0.3) is 0 Å². The first-order valence-electron chi connectivity index (χ1n) is 11.1. The number of fused-ring (bicyclic) bond motifs is 2. The van der Waals surface area contributed by atoms with Crippen molar-refractivity contribution in [3.8, 4) is 0 Å². The van der Waals surface area contributed by atoms with Gasteiger partial charge in [-0.2, -0.15) is 0 Å². The Kier molecular flexibility index (Phi) is 4.52. The Balaban J connectivity index is 1.35. The third-order valence-corrected chi connectivity index (χ3v) is 7.08. The summed E-state index contributed by atoms with van der Waals surface area (Å²) in [5.41, 5.74) is 8.15. The second kappa shape index (κ2) is 7.00. The minimum Gasteiger partial charge on any atom is -0.393 e. The Morgan fingerprint density at radius 1 is 0.933 bits per heavy atom. The minimum atomic E-state index is 0.346. The molecular formula is C23H33N7. The molecule has 2 bridgehead atoms. The first-order chi connectivity index (χ1) is 14.3. The molecule has 5 rings (SSSR count). The van der Waals surface area contributed by atoms with Gasteiger partial charge in [0.05, 0.1) is 0 Å². The largest absolute Gasteiger partial charge is 0.393 e. The molecule has 2 aliphatic heterocycles. The maximum Gasteiger partial charge on any atom is 0.157 e. The molecule has 2 aromatic heterocycles. The highest BCUT2D eigenvalue weighted by atomic mass is 15.3. The summed E-state index contributed by atoms with van der Waals surface area (Å²) in [5, 5.41) is 0. The van der Waals surface area contributed by atoms with Crippen LogP contribution in [-0.4, -0.2) is 53.7 Å². The molecule has 2 saturated heterocycles. The number of rotatable bonds is 3. The van der Waals surface area contributed by atoms with E-state index in [1.165, 1.54) is 19.3 Å². The van der Waals surface area contributed by atoms with E-state index in [0.717, 1.165) is 55.9 Å². The summed E-state index contributed by atoms with van der Waals surface area (Å²) < 4.78 is 0. The SMILES string of the molecule is CC1(C)CC2CC(C)(CN2c2ncnc(N3CCN(c4ccccn4)CC3)c2N)C1. The topological polar surface area (TPSA) is 74.4 Å². The summed E-state index contributed by atoms with van der Waals surface area (Å²) in [4.78, 5) is 20.8. The normalized spacial score (nSPS) is 28.1. The lowest BCUT2D eigenvalue weighted by Gasteiger charge is -2.39. The molecule has 3 aliphatic rings. The molecule has 2 unspecified atom stereocenters. The molecule has 2 aromatic rings. The molecule has 3 fully saturated rings. The van der Waals surface area contributed by atoms with Gasteiger partial charge in [-0.25, -0.2) is 15.0 Å². The molecule has 160 valence electrons. The van der Waals surface area contributed by atoms with Crippen molar-refractivity contribution in [2.45, 2.75) is 46.1 Å². The summed E-state index contributed by atoms with van der Waals surface area (Å²) >= 11 is 0. The van der Waals surface area contributed by atoms with E-state index in [1.54, 1.807) is 6.33 Å². The van der Waals surface area contributed by atoms with E-state index in [-0.39, 0.29) is 0 Å². The molecule has 0 radical (unpaired) electrons. The first-order valence-corrected chi connectivity index (χ1v) is 11.1. The van der Waals surface area contributed by atoms with Crippen LogP contribution in [0.5, 0.6) is 0 Å². The number of hydrogen-bond donors (Lipinski definition) is 1. The molecule has 1 aliphatic carbocycles. The van der Waals surface area contributed by atoms with Crippen LogP contribution in [0.2, 0.25) is 0 Å². The molecule has 7 nitrogen and oxygen atoms in total. The quantitative estimate of drug-likeness (QED) is 0.837. The highest BCUT2D eigenvalue weighted by Gasteiger charge is 2.50. The van der Waals surface area contributed by atoms with Crippen LogP contribution in [0.1, 0.15) is 40.0 Å². The zero-order chi connectivity index (χ0) is 20.9. The standard InChI is InChI=1S/C23H33N7/c1-22(2)12-17-13-23(3,14-22)15-30(17)21-19(24)20(26-16-27-21)29-10-8-28(9-11-29)18-6-4-5-7-25-18/h4-7,16-17H,8-15,24H2,1-3H3. The van der Waals surface area contributed by atoms with E-state index in [9.17, 15) is 0 Å². The summed E-state index contributed by atoms with van der Waals surface area (Å²) in [5.74, 6) is 2.85.